The summed E-state index contributed by atoms with van der Waals surface area (Å²) in [6.07, 6.45) is -0.162. The molecule has 1 aliphatic rings. The fourth-order valence-corrected chi connectivity index (χ4v) is 4.01. The van der Waals surface area contributed by atoms with Gasteiger partial charge in [0.1, 0.15) is 16.4 Å². The summed E-state index contributed by atoms with van der Waals surface area (Å²) in [5.41, 5.74) is 1.54. The zero-order chi connectivity index (χ0) is 22.1. The van der Waals surface area contributed by atoms with E-state index < -0.39 is 11.9 Å². The zero-order valence-corrected chi connectivity index (χ0v) is 18.0. The summed E-state index contributed by atoms with van der Waals surface area (Å²) in [6, 6.07) is 8.70. The Kier molecular flexibility index (Phi) is 5.84. The van der Waals surface area contributed by atoms with Gasteiger partial charge in [-0.15, -0.1) is 0 Å². The predicted molar refractivity (Wildman–Crippen MR) is 116 cm³/mol. The van der Waals surface area contributed by atoms with Crippen LogP contribution in [0.25, 0.3) is 10.9 Å². The standard InChI is InChI=1S/C21H22FN5O3S/c1-3-27-20(31)14-5-4-12(8-16(14)25-21(27)29)9-26-10-13(11-26)30-17-7-6-15(19(28)23-2)24-18(17)22/h4-8,13H,3,9-11H2,1-2H3,(H,23,28)(H,25,29). The molecule has 0 atom stereocenters. The molecule has 1 fully saturated rings. The van der Waals surface area contributed by atoms with Crippen molar-refractivity contribution in [2.24, 2.45) is 0 Å². The van der Waals surface area contributed by atoms with Crippen LogP contribution < -0.4 is 15.7 Å². The molecule has 0 spiro atoms. The summed E-state index contributed by atoms with van der Waals surface area (Å²) in [6.45, 7) is 4.32. The van der Waals surface area contributed by atoms with Crippen molar-refractivity contribution < 1.29 is 13.9 Å². The number of nitrogens with one attached hydrogen (secondary N) is 2. The van der Waals surface area contributed by atoms with Crippen molar-refractivity contribution in [2.45, 2.75) is 26.1 Å². The van der Waals surface area contributed by atoms with Crippen molar-refractivity contribution in [1.29, 1.82) is 0 Å². The molecule has 8 nitrogen and oxygen atoms in total. The maximum Gasteiger partial charge on any atom is 0.326 e. The molecule has 1 saturated heterocycles. The van der Waals surface area contributed by atoms with E-state index in [0.29, 0.717) is 30.8 Å². The van der Waals surface area contributed by atoms with Gasteiger partial charge >= 0.3 is 5.69 Å². The number of aromatic nitrogens is 3. The van der Waals surface area contributed by atoms with Gasteiger partial charge in [-0.1, -0.05) is 18.3 Å². The first-order valence-corrected chi connectivity index (χ1v) is 10.3. The third-order valence-electron chi connectivity index (χ3n) is 5.26. The summed E-state index contributed by atoms with van der Waals surface area (Å²) in [4.78, 5) is 32.4. The summed E-state index contributed by atoms with van der Waals surface area (Å²) >= 11 is 5.42. The fraction of sp³-hybridized carbons (Fsp3) is 0.333. The summed E-state index contributed by atoms with van der Waals surface area (Å²) < 4.78 is 21.8. The van der Waals surface area contributed by atoms with Crippen molar-refractivity contribution in [3.63, 3.8) is 0 Å². The van der Waals surface area contributed by atoms with E-state index in [-0.39, 0.29) is 23.2 Å². The Balaban J connectivity index is 1.39. The second-order valence-electron chi connectivity index (χ2n) is 7.36. The van der Waals surface area contributed by atoms with Crippen LogP contribution in [0.1, 0.15) is 23.0 Å². The molecular weight excluding hydrogens is 421 g/mol. The Bertz CT molecular complexity index is 1270. The lowest BCUT2D eigenvalue weighted by Gasteiger charge is -2.39. The van der Waals surface area contributed by atoms with Crippen LogP contribution in [0.4, 0.5) is 4.39 Å². The quantitative estimate of drug-likeness (QED) is 0.449. The number of hydrogen-bond acceptors (Lipinski definition) is 6. The Hall–Kier alpha value is -3.11. The highest BCUT2D eigenvalue weighted by Crippen LogP contribution is 2.23. The molecule has 162 valence electrons. The second-order valence-corrected chi connectivity index (χ2v) is 7.74. The van der Waals surface area contributed by atoms with Crippen LogP contribution in [-0.4, -0.2) is 51.6 Å². The number of hydrogen-bond donors (Lipinski definition) is 2. The van der Waals surface area contributed by atoms with Crippen LogP contribution in [0.5, 0.6) is 5.75 Å². The Labute approximate surface area is 182 Å². The van der Waals surface area contributed by atoms with Gasteiger partial charge in [-0.2, -0.15) is 4.39 Å². The number of ether oxygens (including phenoxy) is 1. The predicted octanol–water partition coefficient (Wildman–Crippen LogP) is 2.24. The third-order valence-corrected chi connectivity index (χ3v) is 5.70. The van der Waals surface area contributed by atoms with Gasteiger partial charge in [0.15, 0.2) is 5.75 Å². The van der Waals surface area contributed by atoms with Gasteiger partial charge in [-0.25, -0.2) is 9.78 Å². The number of pyridine rings is 1. The zero-order valence-electron chi connectivity index (χ0n) is 17.1. The van der Waals surface area contributed by atoms with Crippen LogP contribution in [0, 0.1) is 10.6 Å². The van der Waals surface area contributed by atoms with Crippen LogP contribution in [0.15, 0.2) is 35.1 Å². The van der Waals surface area contributed by atoms with Gasteiger partial charge in [-0.05, 0) is 36.8 Å². The van der Waals surface area contributed by atoms with Gasteiger partial charge in [0.2, 0.25) is 0 Å². The molecular formula is C21H22FN5O3S. The van der Waals surface area contributed by atoms with E-state index in [1.54, 1.807) is 0 Å². The fourth-order valence-electron chi connectivity index (χ4n) is 3.62. The van der Waals surface area contributed by atoms with E-state index in [4.69, 9.17) is 17.0 Å². The minimum absolute atomic E-state index is 0.00336. The van der Waals surface area contributed by atoms with E-state index in [9.17, 15) is 14.0 Å². The van der Waals surface area contributed by atoms with Crippen LogP contribution in [0.2, 0.25) is 0 Å². The molecule has 0 radical (unpaired) electrons. The largest absolute Gasteiger partial charge is 0.483 e. The topological polar surface area (TPSA) is 92.3 Å². The number of nitrogens with zero attached hydrogens (tertiary/aromatic N) is 3. The van der Waals surface area contributed by atoms with Crippen molar-refractivity contribution in [2.75, 3.05) is 20.1 Å². The maximum atomic E-state index is 14.1. The van der Waals surface area contributed by atoms with Gasteiger partial charge in [0.25, 0.3) is 11.9 Å². The first-order valence-electron chi connectivity index (χ1n) is 9.93. The molecule has 1 aliphatic heterocycles. The van der Waals surface area contributed by atoms with Crippen molar-refractivity contribution in [1.82, 2.24) is 24.8 Å². The molecule has 31 heavy (non-hydrogen) atoms. The summed E-state index contributed by atoms with van der Waals surface area (Å²) in [7, 11) is 1.46. The molecule has 2 N–H and O–H groups in total. The average molecular weight is 444 g/mol. The molecule has 4 rings (SSSR count). The first kappa shape index (κ1) is 21.1. The lowest BCUT2D eigenvalue weighted by molar-refractivity contribution is 0.0118. The van der Waals surface area contributed by atoms with E-state index in [0.717, 1.165) is 16.5 Å². The number of aromatic amines is 1. The first-order chi connectivity index (χ1) is 14.9. The van der Waals surface area contributed by atoms with Crippen LogP contribution in [-0.2, 0) is 13.1 Å². The summed E-state index contributed by atoms with van der Waals surface area (Å²) in [5, 5.41) is 3.24. The number of rotatable bonds is 6. The Morgan fingerprint density at radius 2 is 2.13 bits per heavy atom. The van der Waals surface area contributed by atoms with Crippen molar-refractivity contribution >= 4 is 29.0 Å². The number of H-pyrrole nitrogens is 1. The monoisotopic (exact) mass is 443 g/mol. The summed E-state index contributed by atoms with van der Waals surface area (Å²) in [5.74, 6) is -1.23. The Morgan fingerprint density at radius 3 is 2.81 bits per heavy atom. The van der Waals surface area contributed by atoms with Crippen LogP contribution in [0.3, 0.4) is 0 Å². The molecule has 10 heteroatoms. The molecule has 0 aliphatic carbocycles. The smallest absolute Gasteiger partial charge is 0.326 e. The minimum atomic E-state index is -0.804. The normalized spacial score (nSPS) is 14.4. The van der Waals surface area contributed by atoms with E-state index in [1.165, 1.54) is 23.7 Å². The van der Waals surface area contributed by atoms with E-state index >= 15 is 0 Å². The number of carbonyl (C=O) groups is 1. The average Bonchev–Trinajstić information content (AvgIpc) is 2.72. The van der Waals surface area contributed by atoms with Crippen molar-refractivity contribution in [3.8, 4) is 5.75 Å². The molecule has 1 amide bonds. The highest BCUT2D eigenvalue weighted by Gasteiger charge is 2.29. The third kappa shape index (κ3) is 4.21. The van der Waals surface area contributed by atoms with Gasteiger partial charge in [0.05, 0.1) is 5.52 Å². The number of likely N-dealkylation sites (tertiary alicyclic amines) is 1. The molecule has 0 saturated carbocycles. The molecule has 0 unspecified atom stereocenters. The second kappa shape index (κ2) is 8.56. The van der Waals surface area contributed by atoms with E-state index in [2.05, 4.69) is 20.2 Å². The van der Waals surface area contributed by atoms with Gasteiger partial charge < -0.3 is 15.0 Å². The van der Waals surface area contributed by atoms with E-state index in [1.807, 2.05) is 25.1 Å². The lowest BCUT2D eigenvalue weighted by Crippen LogP contribution is -2.53. The van der Waals surface area contributed by atoms with Crippen molar-refractivity contribution in [3.05, 3.63) is 62.7 Å². The SMILES string of the molecule is CCn1c(=O)[nH]c2cc(CN3CC(Oc4ccc(C(=O)NC)nc4F)C3)ccc2c1=S. The highest BCUT2D eigenvalue weighted by atomic mass is 32.1. The maximum absolute atomic E-state index is 14.1. The lowest BCUT2D eigenvalue weighted by atomic mass is 10.1. The number of benzene rings is 1. The molecule has 3 heterocycles. The number of carbonyl (C=O) groups excluding carboxylic acids is 1. The molecule has 2 aromatic heterocycles. The van der Waals surface area contributed by atoms with Crippen LogP contribution >= 0.6 is 12.2 Å². The highest BCUT2D eigenvalue weighted by molar-refractivity contribution is 7.71. The van der Waals surface area contributed by atoms with Gasteiger partial charge in [0, 0.05) is 38.6 Å². The number of amides is 1. The minimum Gasteiger partial charge on any atom is -0.483 e. The molecule has 1 aromatic carbocycles. The molecule has 0 bridgehead atoms. The number of fused-ring (bicyclic) bond motifs is 1. The molecule has 3 aromatic rings. The Morgan fingerprint density at radius 1 is 1.35 bits per heavy atom. The number of halogens is 1. The van der Waals surface area contributed by atoms with Gasteiger partial charge in [-0.3, -0.25) is 14.3 Å².